The predicted molar refractivity (Wildman–Crippen MR) is 92.3 cm³/mol. The maximum Gasteiger partial charge on any atom is 0.421 e. The Morgan fingerprint density at radius 3 is 2.44 bits per heavy atom. The van der Waals surface area contributed by atoms with Crippen LogP contribution < -0.4 is 10.3 Å². The molecule has 1 fully saturated rings. The fraction of sp³-hybridized carbons (Fsp3) is 0.368. The van der Waals surface area contributed by atoms with E-state index in [-0.39, 0.29) is 11.9 Å². The van der Waals surface area contributed by atoms with Gasteiger partial charge in [-0.1, -0.05) is 12.1 Å². The lowest BCUT2D eigenvalue weighted by atomic mass is 10.2. The molecule has 0 spiro atoms. The topological polar surface area (TPSA) is 51.5 Å². The first-order chi connectivity index (χ1) is 12.8. The van der Waals surface area contributed by atoms with Gasteiger partial charge in [0.2, 0.25) is 5.91 Å². The summed E-state index contributed by atoms with van der Waals surface area (Å²) in [5.41, 5.74) is -1.60. The molecule has 0 bridgehead atoms. The van der Waals surface area contributed by atoms with Crippen molar-refractivity contribution in [2.75, 3.05) is 7.11 Å². The average molecular weight is 380 g/mol. The number of carbonyl (C=O) groups is 1. The van der Waals surface area contributed by atoms with Crippen molar-refractivity contribution in [3.8, 4) is 5.75 Å². The van der Waals surface area contributed by atoms with Crippen LogP contribution >= 0.6 is 0 Å². The number of alkyl halides is 3. The van der Waals surface area contributed by atoms with E-state index in [0.717, 1.165) is 35.1 Å². The number of methoxy groups -OCH3 is 1. The highest BCUT2D eigenvalue weighted by atomic mass is 19.4. The molecule has 0 N–H and O–H groups in total. The molecule has 27 heavy (non-hydrogen) atoms. The minimum absolute atomic E-state index is 0.0566. The van der Waals surface area contributed by atoms with Crippen molar-refractivity contribution < 1.29 is 22.7 Å². The molecule has 0 unspecified atom stereocenters. The Morgan fingerprint density at radius 2 is 1.89 bits per heavy atom. The van der Waals surface area contributed by atoms with Crippen molar-refractivity contribution in [2.45, 2.75) is 38.1 Å². The summed E-state index contributed by atoms with van der Waals surface area (Å²) in [7, 11) is 1.56. The Balaban J connectivity index is 1.77. The Kier molecular flexibility index (Phi) is 5.25. The van der Waals surface area contributed by atoms with Crippen LogP contribution in [-0.4, -0.2) is 28.5 Å². The zero-order chi connectivity index (χ0) is 19.6. The first-order valence-corrected chi connectivity index (χ1v) is 8.48. The van der Waals surface area contributed by atoms with Crippen molar-refractivity contribution >= 4 is 5.91 Å². The number of ether oxygens (including phenoxy) is 1. The van der Waals surface area contributed by atoms with Crippen molar-refractivity contribution in [3.63, 3.8) is 0 Å². The van der Waals surface area contributed by atoms with Gasteiger partial charge in [-0.2, -0.15) is 13.2 Å². The Morgan fingerprint density at radius 1 is 1.22 bits per heavy atom. The van der Waals surface area contributed by atoms with Crippen molar-refractivity contribution in [3.05, 3.63) is 64.1 Å². The van der Waals surface area contributed by atoms with Gasteiger partial charge in [-0.15, -0.1) is 0 Å². The normalized spacial score (nSPS) is 14.1. The van der Waals surface area contributed by atoms with E-state index < -0.39 is 23.8 Å². The standard InChI is InChI=1S/C19H19F3N2O3/c1-27-15-8-4-13(5-9-15)11-24(14-6-7-14)17(25)12-23-10-2-3-16(18(23)26)19(20,21)22/h2-5,8-10,14H,6-7,11-12H2,1H3. The lowest BCUT2D eigenvalue weighted by molar-refractivity contribution is -0.139. The smallest absolute Gasteiger partial charge is 0.421 e. The fourth-order valence-corrected chi connectivity index (χ4v) is 2.85. The highest BCUT2D eigenvalue weighted by molar-refractivity contribution is 5.76. The number of benzene rings is 1. The van der Waals surface area contributed by atoms with Crippen molar-refractivity contribution in [1.82, 2.24) is 9.47 Å². The summed E-state index contributed by atoms with van der Waals surface area (Å²) in [6, 6.07) is 9.13. The van der Waals surface area contributed by atoms with E-state index in [1.54, 1.807) is 24.1 Å². The van der Waals surface area contributed by atoms with Crippen LogP contribution in [0.15, 0.2) is 47.4 Å². The van der Waals surface area contributed by atoms with Gasteiger partial charge in [-0.3, -0.25) is 9.59 Å². The molecule has 144 valence electrons. The lowest BCUT2D eigenvalue weighted by Gasteiger charge is -2.23. The maximum atomic E-state index is 12.9. The van der Waals surface area contributed by atoms with E-state index in [4.69, 9.17) is 4.74 Å². The Bertz CT molecular complexity index is 871. The van der Waals surface area contributed by atoms with E-state index in [0.29, 0.717) is 12.3 Å². The molecular formula is C19H19F3N2O3. The van der Waals surface area contributed by atoms with E-state index in [2.05, 4.69) is 0 Å². The fourth-order valence-electron chi connectivity index (χ4n) is 2.85. The quantitative estimate of drug-likeness (QED) is 0.774. The van der Waals surface area contributed by atoms with Crippen LogP contribution in [-0.2, 0) is 24.1 Å². The number of rotatable bonds is 6. The first kappa shape index (κ1) is 19.0. The molecule has 1 aliphatic rings. The summed E-state index contributed by atoms with van der Waals surface area (Å²) in [5, 5.41) is 0. The summed E-state index contributed by atoms with van der Waals surface area (Å²) in [4.78, 5) is 26.4. The van der Waals surface area contributed by atoms with Gasteiger partial charge in [0.25, 0.3) is 5.56 Å². The molecule has 2 aromatic rings. The molecule has 3 rings (SSSR count). The molecule has 1 amide bonds. The first-order valence-electron chi connectivity index (χ1n) is 8.48. The third kappa shape index (κ3) is 4.50. The second kappa shape index (κ2) is 7.46. The minimum Gasteiger partial charge on any atom is -0.497 e. The van der Waals surface area contributed by atoms with E-state index >= 15 is 0 Å². The molecule has 0 aliphatic heterocycles. The molecule has 1 heterocycles. The van der Waals surface area contributed by atoms with Crippen LogP contribution in [0.4, 0.5) is 13.2 Å². The zero-order valence-corrected chi connectivity index (χ0v) is 14.7. The minimum atomic E-state index is -4.75. The number of nitrogens with zero attached hydrogens (tertiary/aromatic N) is 2. The highest BCUT2D eigenvalue weighted by Gasteiger charge is 2.35. The van der Waals surface area contributed by atoms with Gasteiger partial charge in [0.1, 0.15) is 17.9 Å². The van der Waals surface area contributed by atoms with E-state index in [9.17, 15) is 22.8 Å². The summed E-state index contributed by atoms with van der Waals surface area (Å²) in [5.74, 6) is 0.313. The number of hydrogen-bond donors (Lipinski definition) is 0. The summed E-state index contributed by atoms with van der Waals surface area (Å²) in [6.07, 6.45) is -1.85. The van der Waals surface area contributed by atoms with Gasteiger partial charge in [-0.05, 0) is 42.7 Å². The predicted octanol–water partition coefficient (Wildman–Crippen LogP) is 3.07. The number of aromatic nitrogens is 1. The number of halogens is 3. The lowest BCUT2D eigenvalue weighted by Crippen LogP contribution is -2.38. The van der Waals surface area contributed by atoms with Gasteiger partial charge in [0.15, 0.2) is 0 Å². The average Bonchev–Trinajstić information content (AvgIpc) is 3.45. The molecule has 1 aromatic carbocycles. The monoisotopic (exact) mass is 380 g/mol. The Labute approximate surface area is 154 Å². The van der Waals surface area contributed by atoms with Crippen LogP contribution in [0.25, 0.3) is 0 Å². The maximum absolute atomic E-state index is 12.9. The molecule has 8 heteroatoms. The third-order valence-electron chi connectivity index (χ3n) is 4.45. The van der Waals surface area contributed by atoms with Crippen LogP contribution in [0.2, 0.25) is 0 Å². The van der Waals surface area contributed by atoms with Gasteiger partial charge >= 0.3 is 6.18 Å². The van der Waals surface area contributed by atoms with Crippen LogP contribution in [0, 0.1) is 0 Å². The zero-order valence-electron chi connectivity index (χ0n) is 14.7. The molecule has 5 nitrogen and oxygen atoms in total. The van der Waals surface area contributed by atoms with Crippen LogP contribution in [0.1, 0.15) is 24.0 Å². The molecule has 1 aromatic heterocycles. The van der Waals surface area contributed by atoms with Crippen LogP contribution in [0.3, 0.4) is 0 Å². The Hall–Kier alpha value is -2.77. The second-order valence-corrected chi connectivity index (χ2v) is 6.45. The van der Waals surface area contributed by atoms with Gasteiger partial charge in [-0.25, -0.2) is 0 Å². The third-order valence-corrected chi connectivity index (χ3v) is 4.45. The van der Waals surface area contributed by atoms with Crippen molar-refractivity contribution in [2.24, 2.45) is 0 Å². The van der Waals surface area contributed by atoms with E-state index in [1.165, 1.54) is 6.20 Å². The second-order valence-electron chi connectivity index (χ2n) is 6.45. The summed E-state index contributed by atoms with van der Waals surface area (Å²) < 4.78 is 44.6. The highest BCUT2D eigenvalue weighted by Crippen LogP contribution is 2.29. The van der Waals surface area contributed by atoms with Crippen molar-refractivity contribution in [1.29, 1.82) is 0 Å². The van der Waals surface area contributed by atoms with Gasteiger partial charge < -0.3 is 14.2 Å². The molecule has 0 atom stereocenters. The molecule has 0 radical (unpaired) electrons. The summed E-state index contributed by atoms with van der Waals surface area (Å²) in [6.45, 7) is -0.0867. The largest absolute Gasteiger partial charge is 0.497 e. The molecular weight excluding hydrogens is 361 g/mol. The molecule has 0 saturated heterocycles. The summed E-state index contributed by atoms with van der Waals surface area (Å²) >= 11 is 0. The number of amides is 1. The van der Waals surface area contributed by atoms with Crippen LogP contribution in [0.5, 0.6) is 5.75 Å². The molecule has 1 saturated carbocycles. The number of carbonyl (C=O) groups excluding carboxylic acids is 1. The number of pyridine rings is 1. The van der Waals surface area contributed by atoms with Gasteiger partial charge in [0.05, 0.1) is 7.11 Å². The van der Waals surface area contributed by atoms with Gasteiger partial charge in [0, 0.05) is 18.8 Å². The SMILES string of the molecule is COc1ccc(CN(C(=O)Cn2cccc(C(F)(F)F)c2=O)C2CC2)cc1. The molecule has 1 aliphatic carbocycles. The number of hydrogen-bond acceptors (Lipinski definition) is 3. The van der Waals surface area contributed by atoms with E-state index in [1.807, 2.05) is 12.1 Å².